The van der Waals surface area contributed by atoms with Crippen LogP contribution in [0.5, 0.6) is 0 Å². The Balaban J connectivity index is 1.74. The van der Waals surface area contributed by atoms with Crippen LogP contribution in [0.15, 0.2) is 42.6 Å². The number of nitrogens with one attached hydrogen (secondary N) is 2. The van der Waals surface area contributed by atoms with Crippen molar-refractivity contribution in [3.8, 4) is 0 Å². The molecular formula is C18H19FN4O3. The summed E-state index contributed by atoms with van der Waals surface area (Å²) in [5.74, 6) is -1.41. The summed E-state index contributed by atoms with van der Waals surface area (Å²) in [6.07, 6.45) is 1.93. The number of halogens is 1. The Morgan fingerprint density at radius 2 is 2.04 bits per heavy atom. The maximum Gasteiger partial charge on any atom is 0.274 e. The van der Waals surface area contributed by atoms with Gasteiger partial charge in [-0.25, -0.2) is 4.39 Å². The van der Waals surface area contributed by atoms with Crippen LogP contribution in [0, 0.1) is 5.82 Å². The van der Waals surface area contributed by atoms with Crippen LogP contribution in [0.1, 0.15) is 23.3 Å². The largest absolute Gasteiger partial charge is 0.364 e. The van der Waals surface area contributed by atoms with Crippen LogP contribution in [0.4, 0.5) is 15.8 Å². The Kier molecular flexibility index (Phi) is 5.55. The Bertz CT molecular complexity index is 800. The smallest absolute Gasteiger partial charge is 0.274 e. The summed E-state index contributed by atoms with van der Waals surface area (Å²) in [5.41, 5.74) is 6.17. The molecule has 1 aliphatic rings. The molecular weight excluding hydrogens is 339 g/mol. The second-order valence-corrected chi connectivity index (χ2v) is 5.91. The number of hydrogen-bond donors (Lipinski definition) is 3. The van der Waals surface area contributed by atoms with Gasteiger partial charge in [0.1, 0.15) is 17.6 Å². The van der Waals surface area contributed by atoms with Crippen LogP contribution < -0.4 is 16.4 Å². The predicted octanol–water partition coefficient (Wildman–Crippen LogP) is 1.92. The zero-order chi connectivity index (χ0) is 18.5. The minimum Gasteiger partial charge on any atom is -0.364 e. The Hall–Kier alpha value is -2.84. The van der Waals surface area contributed by atoms with Crippen molar-refractivity contribution in [2.75, 3.05) is 17.2 Å². The van der Waals surface area contributed by atoms with E-state index in [-0.39, 0.29) is 23.2 Å². The number of carbonyl (C=O) groups excluding carboxylic acids is 2. The first-order valence-electron chi connectivity index (χ1n) is 8.25. The van der Waals surface area contributed by atoms with E-state index in [1.54, 1.807) is 18.2 Å². The van der Waals surface area contributed by atoms with E-state index >= 15 is 0 Å². The molecule has 2 amide bonds. The number of nitrogens with zero attached hydrogens (tertiary/aromatic N) is 1. The summed E-state index contributed by atoms with van der Waals surface area (Å²) in [5, 5.41) is 5.24. The first-order chi connectivity index (χ1) is 12.6. The molecule has 4 N–H and O–H groups in total. The van der Waals surface area contributed by atoms with Gasteiger partial charge < -0.3 is 21.1 Å². The van der Waals surface area contributed by atoms with Crippen LogP contribution in [0.3, 0.4) is 0 Å². The van der Waals surface area contributed by atoms with E-state index in [1.807, 2.05) is 0 Å². The van der Waals surface area contributed by atoms with Crippen molar-refractivity contribution in [1.82, 2.24) is 4.98 Å². The van der Waals surface area contributed by atoms with E-state index < -0.39 is 23.7 Å². The maximum atomic E-state index is 13.6. The molecule has 1 aliphatic heterocycles. The Morgan fingerprint density at radius 3 is 2.73 bits per heavy atom. The lowest BCUT2D eigenvalue weighted by Crippen LogP contribution is -2.30. The fourth-order valence-electron chi connectivity index (χ4n) is 2.70. The second-order valence-electron chi connectivity index (χ2n) is 5.91. The SMILES string of the molecule is NC[C@H]1CC[C@@H](C(=O)Nc2cc(F)ccc2NC(=O)c2ccccn2)O1. The van der Waals surface area contributed by atoms with Gasteiger partial charge in [-0.1, -0.05) is 6.07 Å². The van der Waals surface area contributed by atoms with Gasteiger partial charge in [0.05, 0.1) is 17.5 Å². The molecule has 0 aliphatic carbocycles. The van der Waals surface area contributed by atoms with Crippen molar-refractivity contribution in [2.24, 2.45) is 5.73 Å². The van der Waals surface area contributed by atoms with Crippen LogP contribution in [-0.2, 0) is 9.53 Å². The summed E-state index contributed by atoms with van der Waals surface area (Å²) in [4.78, 5) is 28.6. The van der Waals surface area contributed by atoms with E-state index in [9.17, 15) is 14.0 Å². The summed E-state index contributed by atoms with van der Waals surface area (Å²) < 4.78 is 19.2. The van der Waals surface area contributed by atoms with Gasteiger partial charge in [0.25, 0.3) is 11.8 Å². The molecule has 1 saturated heterocycles. The molecule has 2 aromatic rings. The molecule has 0 saturated carbocycles. The standard InChI is InChI=1S/C18H19FN4O3/c19-11-4-6-13(22-17(24)14-3-1-2-8-21-14)15(9-11)23-18(25)16-7-5-12(10-20)26-16/h1-4,6,8-9,12,16H,5,7,10,20H2,(H,22,24)(H,23,25)/t12-,16+/m1/s1. The minimum atomic E-state index is -0.647. The van der Waals surface area contributed by atoms with E-state index in [2.05, 4.69) is 15.6 Å². The topological polar surface area (TPSA) is 106 Å². The number of aromatic nitrogens is 1. The molecule has 0 unspecified atom stereocenters. The number of amides is 2. The van der Waals surface area contributed by atoms with Crippen molar-refractivity contribution in [3.05, 3.63) is 54.1 Å². The third kappa shape index (κ3) is 4.22. The van der Waals surface area contributed by atoms with Gasteiger partial charge in [0.2, 0.25) is 0 Å². The first kappa shape index (κ1) is 18.0. The number of rotatable bonds is 5. The quantitative estimate of drug-likeness (QED) is 0.757. The predicted molar refractivity (Wildman–Crippen MR) is 94.2 cm³/mol. The molecule has 0 radical (unpaired) electrons. The monoisotopic (exact) mass is 358 g/mol. The van der Waals surface area contributed by atoms with Crippen LogP contribution in [0.25, 0.3) is 0 Å². The van der Waals surface area contributed by atoms with Gasteiger partial charge in [-0.2, -0.15) is 0 Å². The highest BCUT2D eigenvalue weighted by Crippen LogP contribution is 2.26. The molecule has 0 bridgehead atoms. The fourth-order valence-corrected chi connectivity index (χ4v) is 2.70. The van der Waals surface area contributed by atoms with Crippen LogP contribution in [-0.4, -0.2) is 35.6 Å². The Labute approximate surface area is 149 Å². The number of ether oxygens (including phenoxy) is 1. The molecule has 136 valence electrons. The first-order valence-corrected chi connectivity index (χ1v) is 8.25. The van der Waals surface area contributed by atoms with Crippen molar-refractivity contribution >= 4 is 23.2 Å². The van der Waals surface area contributed by atoms with E-state index in [4.69, 9.17) is 10.5 Å². The lowest BCUT2D eigenvalue weighted by Gasteiger charge is -2.15. The number of carbonyl (C=O) groups is 2. The molecule has 26 heavy (non-hydrogen) atoms. The highest BCUT2D eigenvalue weighted by Gasteiger charge is 2.30. The molecule has 0 spiro atoms. The molecule has 3 rings (SSSR count). The minimum absolute atomic E-state index is 0.151. The van der Waals surface area contributed by atoms with Gasteiger partial charge in [-0.05, 0) is 43.2 Å². The molecule has 7 nitrogen and oxygen atoms in total. The van der Waals surface area contributed by atoms with Gasteiger partial charge in [0.15, 0.2) is 0 Å². The summed E-state index contributed by atoms with van der Waals surface area (Å²) >= 11 is 0. The molecule has 8 heteroatoms. The molecule has 1 aromatic carbocycles. The number of nitrogens with two attached hydrogens (primary N) is 1. The molecule has 1 fully saturated rings. The van der Waals surface area contributed by atoms with Gasteiger partial charge in [0, 0.05) is 12.7 Å². The lowest BCUT2D eigenvalue weighted by atomic mass is 10.1. The highest BCUT2D eigenvalue weighted by molar-refractivity contribution is 6.06. The number of hydrogen-bond acceptors (Lipinski definition) is 5. The second kappa shape index (κ2) is 8.03. The third-order valence-corrected chi connectivity index (χ3v) is 4.05. The van der Waals surface area contributed by atoms with Gasteiger partial charge in [-0.3, -0.25) is 14.6 Å². The fraction of sp³-hybridized carbons (Fsp3) is 0.278. The van der Waals surface area contributed by atoms with E-state index in [0.29, 0.717) is 19.4 Å². The van der Waals surface area contributed by atoms with Gasteiger partial charge >= 0.3 is 0 Å². The highest BCUT2D eigenvalue weighted by atomic mass is 19.1. The number of benzene rings is 1. The van der Waals surface area contributed by atoms with Crippen molar-refractivity contribution in [1.29, 1.82) is 0 Å². The molecule has 1 aromatic heterocycles. The summed E-state index contributed by atoms with van der Waals surface area (Å²) in [6, 6.07) is 8.64. The average molecular weight is 358 g/mol. The molecule has 2 heterocycles. The summed E-state index contributed by atoms with van der Waals surface area (Å²) in [6.45, 7) is 0.342. The lowest BCUT2D eigenvalue weighted by molar-refractivity contribution is -0.126. The zero-order valence-electron chi connectivity index (χ0n) is 13.9. The van der Waals surface area contributed by atoms with Crippen molar-refractivity contribution in [2.45, 2.75) is 25.0 Å². The van der Waals surface area contributed by atoms with Gasteiger partial charge in [-0.15, -0.1) is 0 Å². The third-order valence-electron chi connectivity index (χ3n) is 4.05. The van der Waals surface area contributed by atoms with E-state index in [1.165, 1.54) is 18.3 Å². The average Bonchev–Trinajstić information content (AvgIpc) is 3.14. The number of pyridine rings is 1. The van der Waals surface area contributed by atoms with E-state index in [0.717, 1.165) is 6.07 Å². The summed E-state index contributed by atoms with van der Waals surface area (Å²) in [7, 11) is 0. The van der Waals surface area contributed by atoms with Crippen LogP contribution >= 0.6 is 0 Å². The van der Waals surface area contributed by atoms with Crippen molar-refractivity contribution < 1.29 is 18.7 Å². The Morgan fingerprint density at radius 1 is 1.19 bits per heavy atom. The van der Waals surface area contributed by atoms with Crippen LogP contribution in [0.2, 0.25) is 0 Å². The molecule has 2 atom stereocenters. The van der Waals surface area contributed by atoms with Crippen molar-refractivity contribution in [3.63, 3.8) is 0 Å². The maximum absolute atomic E-state index is 13.6. The zero-order valence-corrected chi connectivity index (χ0v) is 13.9. The number of anilines is 2. The normalized spacial score (nSPS) is 19.2.